The average Bonchev–Trinajstić information content (AvgIpc) is 3.47. The van der Waals surface area contributed by atoms with Crippen LogP contribution in [0.1, 0.15) is 34.7 Å². The van der Waals surface area contributed by atoms with E-state index in [-0.39, 0.29) is 24.8 Å². The number of nitrogens with one attached hydrogen (secondary N) is 1. The highest BCUT2D eigenvalue weighted by atomic mass is 19.4. The molecule has 2 aromatic carbocycles. The molecule has 2 fully saturated rings. The lowest BCUT2D eigenvalue weighted by Crippen LogP contribution is -2.41. The number of benzene rings is 2. The minimum absolute atomic E-state index is 0.0952. The number of rotatable bonds is 4. The van der Waals surface area contributed by atoms with Crippen LogP contribution in [0.5, 0.6) is 0 Å². The predicted molar refractivity (Wildman–Crippen MR) is 122 cm³/mol. The van der Waals surface area contributed by atoms with E-state index in [1.807, 2.05) is 12.1 Å². The van der Waals surface area contributed by atoms with E-state index in [4.69, 9.17) is 0 Å². The third kappa shape index (κ3) is 4.56. The second kappa shape index (κ2) is 9.06. The maximum absolute atomic E-state index is 13.9. The first-order valence-electron chi connectivity index (χ1n) is 11.7. The molecule has 2 saturated heterocycles. The van der Waals surface area contributed by atoms with Gasteiger partial charge in [-0.2, -0.15) is 13.2 Å². The van der Waals surface area contributed by atoms with Crippen LogP contribution >= 0.6 is 0 Å². The molecule has 1 amide bonds. The monoisotopic (exact) mass is 473 g/mol. The van der Waals surface area contributed by atoms with Crippen LogP contribution in [0.4, 0.5) is 17.6 Å². The molecule has 3 heterocycles. The van der Waals surface area contributed by atoms with Gasteiger partial charge in [0.1, 0.15) is 5.82 Å². The molecular weight excluding hydrogens is 446 g/mol. The molecule has 180 valence electrons. The van der Waals surface area contributed by atoms with Gasteiger partial charge in [-0.05, 0) is 61.7 Å². The number of amides is 1. The molecule has 4 nitrogen and oxygen atoms in total. The summed E-state index contributed by atoms with van der Waals surface area (Å²) < 4.78 is 55.0. The lowest BCUT2D eigenvalue weighted by molar-refractivity contribution is -0.181. The zero-order valence-corrected chi connectivity index (χ0v) is 18.7. The maximum atomic E-state index is 13.9. The highest BCUT2D eigenvalue weighted by Crippen LogP contribution is 2.39. The average molecular weight is 474 g/mol. The summed E-state index contributed by atoms with van der Waals surface area (Å²) in [6, 6.07) is 13.6. The molecule has 5 rings (SSSR count). The number of H-pyrrole nitrogens is 1. The Kier molecular flexibility index (Phi) is 6.10. The van der Waals surface area contributed by atoms with Crippen molar-refractivity contribution in [2.45, 2.75) is 24.9 Å². The van der Waals surface area contributed by atoms with Crippen LogP contribution in [0.2, 0.25) is 0 Å². The highest BCUT2D eigenvalue weighted by Gasteiger charge is 2.51. The van der Waals surface area contributed by atoms with E-state index in [9.17, 15) is 22.4 Å². The Hall–Kier alpha value is -2.87. The van der Waals surface area contributed by atoms with Gasteiger partial charge in [0.05, 0.1) is 17.0 Å². The molecule has 3 aromatic rings. The highest BCUT2D eigenvalue weighted by molar-refractivity contribution is 6.05. The van der Waals surface area contributed by atoms with E-state index in [1.54, 1.807) is 30.5 Å². The van der Waals surface area contributed by atoms with Crippen molar-refractivity contribution in [3.05, 3.63) is 71.7 Å². The molecule has 2 unspecified atom stereocenters. The van der Waals surface area contributed by atoms with Crippen molar-refractivity contribution in [1.82, 2.24) is 14.8 Å². The first-order chi connectivity index (χ1) is 16.3. The van der Waals surface area contributed by atoms with Crippen molar-refractivity contribution < 1.29 is 22.4 Å². The second-order valence-electron chi connectivity index (χ2n) is 9.49. The Morgan fingerprint density at radius 3 is 2.44 bits per heavy atom. The fraction of sp³-hybridized carbons (Fsp3) is 0.423. The summed E-state index contributed by atoms with van der Waals surface area (Å²) in [4.78, 5) is 19.7. The second-order valence-corrected chi connectivity index (χ2v) is 9.49. The van der Waals surface area contributed by atoms with Crippen molar-refractivity contribution in [2.24, 2.45) is 11.8 Å². The molecule has 1 aromatic heterocycles. The van der Waals surface area contributed by atoms with Crippen LogP contribution in [0.3, 0.4) is 0 Å². The molecular formula is C26H27F4N3O. The Morgan fingerprint density at radius 1 is 1.00 bits per heavy atom. The van der Waals surface area contributed by atoms with Crippen molar-refractivity contribution in [1.29, 1.82) is 0 Å². The number of likely N-dealkylation sites (tertiary alicyclic amines) is 2. The number of hydrogen-bond donors (Lipinski definition) is 1. The number of carbonyl (C=O) groups is 1. The van der Waals surface area contributed by atoms with Crippen LogP contribution in [0.15, 0.2) is 54.7 Å². The van der Waals surface area contributed by atoms with E-state index < -0.39 is 18.0 Å². The van der Waals surface area contributed by atoms with E-state index in [0.29, 0.717) is 36.6 Å². The number of aromatic nitrogens is 1. The maximum Gasteiger partial charge on any atom is 0.393 e. The normalized spacial score (nSPS) is 22.5. The van der Waals surface area contributed by atoms with Crippen LogP contribution in [0, 0.1) is 17.7 Å². The van der Waals surface area contributed by atoms with Crippen LogP contribution in [-0.4, -0.2) is 59.6 Å². The molecule has 34 heavy (non-hydrogen) atoms. The first-order valence-corrected chi connectivity index (χ1v) is 11.7. The number of halogens is 4. The number of nitrogens with zero attached hydrogens (tertiary/aromatic N) is 2. The quantitative estimate of drug-likeness (QED) is 0.513. The van der Waals surface area contributed by atoms with E-state index >= 15 is 0 Å². The summed E-state index contributed by atoms with van der Waals surface area (Å²) in [6.07, 6.45) is -0.980. The molecule has 1 N–H and O–H groups in total. The van der Waals surface area contributed by atoms with Crippen LogP contribution < -0.4 is 0 Å². The van der Waals surface area contributed by atoms with Gasteiger partial charge < -0.3 is 14.8 Å². The minimum Gasteiger partial charge on any atom is -0.361 e. The number of aromatic amines is 1. The number of hydrogen-bond acceptors (Lipinski definition) is 2. The summed E-state index contributed by atoms with van der Waals surface area (Å²) >= 11 is 0. The predicted octanol–water partition coefficient (Wildman–Crippen LogP) is 5.44. The number of para-hydroxylation sites is 1. The van der Waals surface area contributed by atoms with Crippen molar-refractivity contribution in [2.75, 3.05) is 32.7 Å². The van der Waals surface area contributed by atoms with Crippen LogP contribution in [-0.2, 0) is 0 Å². The topological polar surface area (TPSA) is 39.3 Å². The van der Waals surface area contributed by atoms with E-state index in [0.717, 1.165) is 23.8 Å². The third-order valence-corrected chi connectivity index (χ3v) is 7.39. The summed E-state index contributed by atoms with van der Waals surface area (Å²) in [7, 11) is 0. The van der Waals surface area contributed by atoms with Gasteiger partial charge in [-0.25, -0.2) is 4.39 Å². The fourth-order valence-electron chi connectivity index (χ4n) is 5.54. The van der Waals surface area contributed by atoms with Gasteiger partial charge in [-0.3, -0.25) is 4.79 Å². The lowest BCUT2D eigenvalue weighted by atomic mass is 9.88. The summed E-state index contributed by atoms with van der Waals surface area (Å²) in [5, 5.41) is 0.859. The Bertz CT molecular complexity index is 1150. The Balaban J connectivity index is 1.26. The van der Waals surface area contributed by atoms with Gasteiger partial charge in [-0.1, -0.05) is 24.3 Å². The van der Waals surface area contributed by atoms with Crippen LogP contribution in [0.25, 0.3) is 10.9 Å². The molecule has 2 atom stereocenters. The minimum atomic E-state index is -4.36. The fourth-order valence-corrected chi connectivity index (χ4v) is 5.54. The summed E-state index contributed by atoms with van der Waals surface area (Å²) in [6.45, 7) is 1.49. The van der Waals surface area contributed by atoms with Crippen molar-refractivity contribution >= 4 is 16.8 Å². The first kappa shape index (κ1) is 22.9. The number of fused-ring (bicyclic) bond motifs is 1. The Morgan fingerprint density at radius 2 is 1.74 bits per heavy atom. The van der Waals surface area contributed by atoms with Gasteiger partial charge in [0.25, 0.3) is 5.91 Å². The molecule has 0 saturated carbocycles. The molecule has 0 bridgehead atoms. The van der Waals surface area contributed by atoms with Gasteiger partial charge in [0.15, 0.2) is 0 Å². The Labute approximate surface area is 195 Å². The van der Waals surface area contributed by atoms with E-state index in [2.05, 4.69) is 9.88 Å². The largest absolute Gasteiger partial charge is 0.393 e. The zero-order valence-electron chi connectivity index (χ0n) is 18.7. The molecule has 0 aliphatic carbocycles. The molecule has 2 aliphatic heterocycles. The molecule has 8 heteroatoms. The third-order valence-electron chi connectivity index (χ3n) is 7.39. The number of piperidine rings is 1. The molecule has 0 radical (unpaired) electrons. The van der Waals surface area contributed by atoms with Gasteiger partial charge in [-0.15, -0.1) is 0 Å². The zero-order chi connectivity index (χ0) is 23.9. The number of carbonyl (C=O) groups excluding carboxylic acids is 1. The van der Waals surface area contributed by atoms with E-state index in [1.165, 1.54) is 17.0 Å². The van der Waals surface area contributed by atoms with Gasteiger partial charge in [0.2, 0.25) is 0 Å². The molecule has 2 aliphatic rings. The lowest BCUT2D eigenvalue weighted by Gasteiger charge is -2.35. The van der Waals surface area contributed by atoms with Gasteiger partial charge >= 0.3 is 6.18 Å². The van der Waals surface area contributed by atoms with Crippen molar-refractivity contribution in [3.63, 3.8) is 0 Å². The number of alkyl halides is 3. The summed E-state index contributed by atoms with van der Waals surface area (Å²) in [5.74, 6) is -2.53. The molecule has 0 spiro atoms. The van der Waals surface area contributed by atoms with Crippen molar-refractivity contribution in [3.8, 4) is 0 Å². The van der Waals surface area contributed by atoms with Gasteiger partial charge in [0, 0.05) is 37.1 Å². The standard InChI is InChI=1S/C26H27F4N3O/c27-21-6-4-17(5-7-21)18-9-12-32(13-10-18)14-20-15-33(16-23(20)26(28,29)30)25(34)22-3-1-2-19-8-11-31-24(19)22/h1-8,11,18,20,23,31H,9-10,12-16H2. The smallest absolute Gasteiger partial charge is 0.361 e. The summed E-state index contributed by atoms with van der Waals surface area (Å²) in [5.41, 5.74) is 2.14. The SMILES string of the molecule is O=C(c1cccc2cc[nH]c12)N1CC(CN2CCC(c3ccc(F)cc3)CC2)C(C(F)(F)F)C1.